The Labute approximate surface area is 237 Å². The quantitative estimate of drug-likeness (QED) is 0.233. The van der Waals surface area contributed by atoms with Crippen LogP contribution in [0.4, 0.5) is 4.79 Å². The molecule has 1 heterocycles. The summed E-state index contributed by atoms with van der Waals surface area (Å²) < 4.78 is 14.5. The summed E-state index contributed by atoms with van der Waals surface area (Å²) in [4.78, 5) is 16.6. The van der Waals surface area contributed by atoms with Crippen molar-refractivity contribution in [2.75, 3.05) is 0 Å². The van der Waals surface area contributed by atoms with Crippen molar-refractivity contribution in [2.45, 2.75) is 55.0 Å². The second kappa shape index (κ2) is 12.2. The second-order valence-corrected chi connectivity index (χ2v) is 13.0. The fourth-order valence-electron chi connectivity index (χ4n) is 5.92. The molecule has 4 aromatic carbocycles. The van der Waals surface area contributed by atoms with Gasteiger partial charge in [-0.25, -0.2) is 0 Å². The molecule has 198 valence electrons. The van der Waals surface area contributed by atoms with E-state index in [1.54, 1.807) is 0 Å². The van der Waals surface area contributed by atoms with E-state index in [-0.39, 0.29) is 51.9 Å². The number of fused-ring (bicyclic) bond motifs is 1. The Kier molecular flexibility index (Phi) is 8.11. The summed E-state index contributed by atoms with van der Waals surface area (Å²) in [5.41, 5.74) is 3.14. The molecular formula is C34H33NO3Se. The van der Waals surface area contributed by atoms with Crippen molar-refractivity contribution in [1.82, 2.24) is 4.90 Å². The van der Waals surface area contributed by atoms with Crippen molar-refractivity contribution in [2.24, 2.45) is 0 Å². The average Bonchev–Trinajstić information content (AvgIpc) is 3.01. The number of nitrogens with zero attached hydrogens (tertiary/aromatic N) is 1. The standard InChI is InChI=1S/C34H33NO3Se/c36-34(37-24-25-14-5-1-6-15-25)35-31(26-16-7-2-8-17-26)33(27-18-9-3-10-19-27)38-29-22-13-23-30(32(29)35)39-28-20-11-4-12-21-28/h1-12,14-21,29-33H,13,22-24H2/t29-,30-,31-,32-,33-/m0/s1. The third-order valence-corrected chi connectivity index (χ3v) is 10.5. The number of hydrogen-bond donors (Lipinski definition) is 0. The minimum atomic E-state index is -0.287. The minimum absolute atomic E-state index is 0.0382. The van der Waals surface area contributed by atoms with Crippen LogP contribution in [-0.4, -0.2) is 38.1 Å². The second-order valence-electron chi connectivity index (χ2n) is 10.2. The number of amides is 1. The number of morpholine rings is 1. The number of benzene rings is 4. The predicted octanol–water partition coefficient (Wildman–Crippen LogP) is 6.88. The van der Waals surface area contributed by atoms with Crippen LogP contribution in [0.3, 0.4) is 0 Å². The molecule has 1 saturated heterocycles. The SMILES string of the molecule is O=C(OCc1ccccc1)N1[C@H]2[C@H](CCC[C@@H]2[Se]c2ccccc2)O[C@@H](c2ccccc2)[C@@H]1c1ccccc1. The third kappa shape index (κ3) is 5.81. The van der Waals surface area contributed by atoms with Crippen molar-refractivity contribution >= 4 is 25.5 Å². The van der Waals surface area contributed by atoms with Gasteiger partial charge in [0.15, 0.2) is 0 Å². The van der Waals surface area contributed by atoms with Crippen molar-refractivity contribution in [3.63, 3.8) is 0 Å². The van der Waals surface area contributed by atoms with Gasteiger partial charge in [0, 0.05) is 0 Å². The molecule has 5 atom stereocenters. The number of hydrogen-bond acceptors (Lipinski definition) is 3. The molecule has 4 aromatic rings. The Hall–Kier alpha value is -3.37. The molecule has 0 unspecified atom stereocenters. The Morgan fingerprint density at radius 2 is 1.36 bits per heavy atom. The normalized spacial score (nSPS) is 24.5. The number of rotatable bonds is 6. The molecular weight excluding hydrogens is 549 g/mol. The molecule has 1 aliphatic heterocycles. The van der Waals surface area contributed by atoms with Crippen LogP contribution in [0.15, 0.2) is 121 Å². The summed E-state index contributed by atoms with van der Waals surface area (Å²) >= 11 is 0.201. The zero-order valence-electron chi connectivity index (χ0n) is 21.8. The van der Waals surface area contributed by atoms with Crippen LogP contribution in [0.2, 0.25) is 4.82 Å². The molecule has 2 fully saturated rings. The fraction of sp³-hybridized carbons (Fsp3) is 0.265. The molecule has 0 spiro atoms. The van der Waals surface area contributed by atoms with Crippen LogP contribution in [-0.2, 0) is 16.1 Å². The van der Waals surface area contributed by atoms with Gasteiger partial charge in [-0.2, -0.15) is 0 Å². The summed E-state index contributed by atoms with van der Waals surface area (Å²) in [6.07, 6.45) is 2.55. The van der Waals surface area contributed by atoms with E-state index in [9.17, 15) is 4.79 Å². The van der Waals surface area contributed by atoms with Gasteiger partial charge in [-0.15, -0.1) is 0 Å². The summed E-state index contributed by atoms with van der Waals surface area (Å²) in [6, 6.07) is 41.0. The van der Waals surface area contributed by atoms with Crippen LogP contribution in [0, 0.1) is 0 Å². The van der Waals surface area contributed by atoms with Crippen molar-refractivity contribution in [3.8, 4) is 0 Å². The van der Waals surface area contributed by atoms with E-state index in [4.69, 9.17) is 9.47 Å². The number of carbonyl (C=O) groups excluding carboxylic acids is 1. The Morgan fingerprint density at radius 3 is 2.03 bits per heavy atom. The average molecular weight is 583 g/mol. The van der Waals surface area contributed by atoms with Gasteiger partial charge >= 0.3 is 238 Å². The van der Waals surface area contributed by atoms with E-state index in [0.29, 0.717) is 4.82 Å². The first kappa shape index (κ1) is 25.9. The third-order valence-electron chi connectivity index (χ3n) is 7.68. The van der Waals surface area contributed by atoms with Crippen LogP contribution >= 0.6 is 0 Å². The molecule has 1 aliphatic carbocycles. The van der Waals surface area contributed by atoms with E-state index >= 15 is 0 Å². The molecule has 39 heavy (non-hydrogen) atoms. The van der Waals surface area contributed by atoms with Crippen molar-refractivity contribution in [1.29, 1.82) is 0 Å². The van der Waals surface area contributed by atoms with E-state index in [0.717, 1.165) is 36.0 Å². The molecule has 6 rings (SSSR count). The van der Waals surface area contributed by atoms with Gasteiger partial charge < -0.3 is 0 Å². The maximum absolute atomic E-state index is 14.2. The fourth-order valence-corrected chi connectivity index (χ4v) is 8.85. The van der Waals surface area contributed by atoms with E-state index in [2.05, 4.69) is 59.5 Å². The molecule has 0 N–H and O–H groups in total. The van der Waals surface area contributed by atoms with Crippen LogP contribution in [0.1, 0.15) is 48.1 Å². The van der Waals surface area contributed by atoms with E-state index < -0.39 is 0 Å². The first-order valence-electron chi connectivity index (χ1n) is 13.7. The monoisotopic (exact) mass is 583 g/mol. The molecule has 0 radical (unpaired) electrons. The van der Waals surface area contributed by atoms with Crippen LogP contribution in [0.25, 0.3) is 0 Å². The van der Waals surface area contributed by atoms with Gasteiger partial charge in [-0.1, -0.05) is 0 Å². The topological polar surface area (TPSA) is 38.8 Å². The van der Waals surface area contributed by atoms with Gasteiger partial charge in [0.25, 0.3) is 0 Å². The summed E-state index contributed by atoms with van der Waals surface area (Å²) in [5, 5.41) is 0. The molecule has 2 aliphatic rings. The predicted molar refractivity (Wildman–Crippen MR) is 155 cm³/mol. The molecule has 5 heteroatoms. The Bertz CT molecular complexity index is 1340. The Balaban J connectivity index is 1.41. The molecule has 0 bridgehead atoms. The summed E-state index contributed by atoms with van der Waals surface area (Å²) in [7, 11) is 0. The Morgan fingerprint density at radius 1 is 0.769 bits per heavy atom. The van der Waals surface area contributed by atoms with Gasteiger partial charge in [-0.05, 0) is 0 Å². The van der Waals surface area contributed by atoms with E-state index in [1.165, 1.54) is 4.46 Å². The number of carbonyl (C=O) groups is 1. The van der Waals surface area contributed by atoms with Crippen molar-refractivity contribution < 1.29 is 14.3 Å². The molecule has 1 amide bonds. The summed E-state index contributed by atoms with van der Waals surface area (Å²) in [6.45, 7) is 0.250. The van der Waals surface area contributed by atoms with Gasteiger partial charge in [0.2, 0.25) is 0 Å². The van der Waals surface area contributed by atoms with Gasteiger partial charge in [0.1, 0.15) is 0 Å². The summed E-state index contributed by atoms with van der Waals surface area (Å²) in [5.74, 6) is 0. The zero-order valence-corrected chi connectivity index (χ0v) is 23.6. The molecule has 0 aromatic heterocycles. The first-order valence-corrected chi connectivity index (χ1v) is 15.6. The van der Waals surface area contributed by atoms with Crippen molar-refractivity contribution in [3.05, 3.63) is 138 Å². The van der Waals surface area contributed by atoms with E-state index in [1.807, 2.05) is 66.7 Å². The maximum atomic E-state index is 14.2. The van der Waals surface area contributed by atoms with Crippen LogP contribution < -0.4 is 4.46 Å². The molecule has 4 nitrogen and oxygen atoms in total. The van der Waals surface area contributed by atoms with Gasteiger partial charge in [0.05, 0.1) is 0 Å². The molecule has 1 saturated carbocycles. The first-order chi connectivity index (χ1) is 19.3. The zero-order chi connectivity index (χ0) is 26.4. The number of ether oxygens (including phenoxy) is 2. The van der Waals surface area contributed by atoms with Crippen LogP contribution in [0.5, 0.6) is 0 Å². The van der Waals surface area contributed by atoms with Gasteiger partial charge in [-0.3, -0.25) is 0 Å².